The van der Waals surface area contributed by atoms with Crippen LogP contribution in [0.3, 0.4) is 0 Å². The highest BCUT2D eigenvalue weighted by atomic mass is 32.2. The second-order valence-corrected chi connectivity index (χ2v) is 9.28. The molecular weight excluding hydrogens is 391 g/mol. The lowest BCUT2D eigenvalue weighted by molar-refractivity contribution is 0.374. The van der Waals surface area contributed by atoms with Crippen molar-refractivity contribution >= 4 is 10.0 Å². The van der Waals surface area contributed by atoms with Crippen LogP contribution in [0, 0.1) is 19.7 Å². The molecule has 1 aliphatic rings. The van der Waals surface area contributed by atoms with Gasteiger partial charge in [0.15, 0.2) is 0 Å². The fourth-order valence-corrected chi connectivity index (χ4v) is 5.45. The highest BCUT2D eigenvalue weighted by molar-refractivity contribution is 7.89. The quantitative estimate of drug-likeness (QED) is 0.640. The van der Waals surface area contributed by atoms with Crippen LogP contribution < -0.4 is 0 Å². The first kappa shape index (κ1) is 19.7. The molecule has 6 nitrogen and oxygen atoms in total. The van der Waals surface area contributed by atoms with Gasteiger partial charge in [-0.1, -0.05) is 12.1 Å². The van der Waals surface area contributed by atoms with Crippen LogP contribution in [-0.4, -0.2) is 33.8 Å². The number of rotatable bonds is 5. The lowest BCUT2D eigenvalue weighted by Gasteiger charge is -2.25. The van der Waals surface area contributed by atoms with Gasteiger partial charge in [0.1, 0.15) is 11.6 Å². The summed E-state index contributed by atoms with van der Waals surface area (Å²) in [6, 6.07) is 7.55. The first-order valence-corrected chi connectivity index (χ1v) is 11.0. The fourth-order valence-electron chi connectivity index (χ4n) is 3.78. The van der Waals surface area contributed by atoms with Gasteiger partial charge in [-0.3, -0.25) is 4.98 Å². The molecule has 0 N–H and O–H groups in total. The van der Waals surface area contributed by atoms with Crippen LogP contribution >= 0.6 is 0 Å². The predicted molar refractivity (Wildman–Crippen MR) is 107 cm³/mol. The van der Waals surface area contributed by atoms with Crippen molar-refractivity contribution in [2.45, 2.75) is 44.2 Å². The number of pyridine rings is 1. The zero-order chi connectivity index (χ0) is 20.6. The monoisotopic (exact) mass is 414 g/mol. The van der Waals surface area contributed by atoms with Gasteiger partial charge in [-0.15, -0.1) is 0 Å². The minimum Gasteiger partial charge on any atom is -0.327 e. The zero-order valence-electron chi connectivity index (χ0n) is 16.4. The Hall–Kier alpha value is -2.58. The Labute approximate surface area is 170 Å². The van der Waals surface area contributed by atoms with Crippen LogP contribution in [-0.2, 0) is 16.6 Å². The summed E-state index contributed by atoms with van der Waals surface area (Å²) in [4.78, 5) is 8.68. The SMILES string of the molecule is Cc1ccc(S(=O)(=O)N2CCCC2c2ncc(C)n2Cc2cccnc2)cc1F. The molecule has 29 heavy (non-hydrogen) atoms. The van der Waals surface area contributed by atoms with Crippen molar-refractivity contribution in [2.75, 3.05) is 6.54 Å². The Morgan fingerprint density at radius 3 is 2.76 bits per heavy atom. The minimum atomic E-state index is -3.83. The van der Waals surface area contributed by atoms with Gasteiger partial charge in [0, 0.05) is 30.8 Å². The molecule has 1 fully saturated rings. The number of halogens is 1. The molecule has 0 amide bonds. The van der Waals surface area contributed by atoms with Crippen molar-refractivity contribution in [1.29, 1.82) is 0 Å². The Bertz CT molecular complexity index is 1130. The lowest BCUT2D eigenvalue weighted by atomic mass is 10.2. The maximum atomic E-state index is 14.0. The summed E-state index contributed by atoms with van der Waals surface area (Å²) < 4.78 is 44.1. The Kier molecular flexibility index (Phi) is 5.23. The molecule has 0 bridgehead atoms. The zero-order valence-corrected chi connectivity index (χ0v) is 17.2. The molecule has 8 heteroatoms. The number of aryl methyl sites for hydroxylation is 2. The molecule has 4 rings (SSSR count). The van der Waals surface area contributed by atoms with E-state index in [9.17, 15) is 12.8 Å². The normalized spacial score (nSPS) is 17.7. The number of hydrogen-bond donors (Lipinski definition) is 0. The van der Waals surface area contributed by atoms with E-state index in [0.29, 0.717) is 30.9 Å². The number of hydrogen-bond acceptors (Lipinski definition) is 4. The first-order valence-electron chi connectivity index (χ1n) is 9.57. The van der Waals surface area contributed by atoms with E-state index in [1.54, 1.807) is 25.5 Å². The van der Waals surface area contributed by atoms with E-state index >= 15 is 0 Å². The summed E-state index contributed by atoms with van der Waals surface area (Å²) in [5.74, 6) is 0.191. The third-order valence-corrected chi connectivity index (χ3v) is 7.31. The molecular formula is C21H23FN4O2S. The van der Waals surface area contributed by atoms with Crippen molar-refractivity contribution in [3.63, 3.8) is 0 Å². The number of sulfonamides is 1. The molecule has 1 unspecified atom stereocenters. The Balaban J connectivity index is 1.70. The smallest absolute Gasteiger partial charge is 0.243 e. The molecule has 1 atom stereocenters. The fraction of sp³-hybridized carbons (Fsp3) is 0.333. The van der Waals surface area contributed by atoms with Gasteiger partial charge in [0.2, 0.25) is 10.0 Å². The average molecular weight is 415 g/mol. The number of aromatic nitrogens is 3. The maximum absolute atomic E-state index is 14.0. The Morgan fingerprint density at radius 1 is 1.21 bits per heavy atom. The Morgan fingerprint density at radius 2 is 2.03 bits per heavy atom. The molecule has 0 saturated carbocycles. The average Bonchev–Trinajstić information content (AvgIpc) is 3.32. The molecule has 1 aromatic carbocycles. The molecule has 3 heterocycles. The van der Waals surface area contributed by atoms with Crippen LogP contribution in [0.5, 0.6) is 0 Å². The molecule has 0 spiro atoms. The second-order valence-electron chi connectivity index (χ2n) is 7.39. The molecule has 1 saturated heterocycles. The van der Waals surface area contributed by atoms with Gasteiger partial charge in [-0.05, 0) is 56.0 Å². The van der Waals surface area contributed by atoms with Crippen LogP contribution in [0.1, 0.15) is 41.5 Å². The van der Waals surface area contributed by atoms with Gasteiger partial charge in [0.25, 0.3) is 0 Å². The minimum absolute atomic E-state index is 0.0189. The van der Waals surface area contributed by atoms with Crippen molar-refractivity contribution < 1.29 is 12.8 Å². The summed E-state index contributed by atoms with van der Waals surface area (Å²) in [7, 11) is -3.83. The van der Waals surface area contributed by atoms with Crippen molar-refractivity contribution in [2.24, 2.45) is 0 Å². The molecule has 152 valence electrons. The molecule has 0 radical (unpaired) electrons. The summed E-state index contributed by atoms with van der Waals surface area (Å²) in [6.45, 7) is 4.53. The topological polar surface area (TPSA) is 68.1 Å². The van der Waals surface area contributed by atoms with Crippen LogP contribution in [0.25, 0.3) is 0 Å². The highest BCUT2D eigenvalue weighted by Gasteiger charge is 2.38. The van der Waals surface area contributed by atoms with E-state index in [4.69, 9.17) is 0 Å². The summed E-state index contributed by atoms with van der Waals surface area (Å²) in [5, 5.41) is 0. The third-order valence-electron chi connectivity index (χ3n) is 5.40. The van der Waals surface area contributed by atoms with Crippen LogP contribution in [0.15, 0.2) is 53.8 Å². The second kappa shape index (κ2) is 7.68. The molecule has 1 aliphatic heterocycles. The third kappa shape index (κ3) is 3.70. The van der Waals surface area contributed by atoms with Crippen LogP contribution in [0.2, 0.25) is 0 Å². The largest absolute Gasteiger partial charge is 0.327 e. The van der Waals surface area contributed by atoms with Gasteiger partial charge >= 0.3 is 0 Å². The van der Waals surface area contributed by atoms with E-state index in [1.165, 1.54) is 16.4 Å². The van der Waals surface area contributed by atoms with E-state index in [1.807, 2.05) is 23.6 Å². The molecule has 0 aliphatic carbocycles. The standard InChI is InChI=1S/C21H23FN4O2S/c1-15-7-8-18(11-19(15)22)29(27,28)26-10-4-6-20(26)21-24-12-16(2)25(21)14-17-5-3-9-23-13-17/h3,5,7-9,11-13,20H,4,6,10,14H2,1-2H3. The van der Waals surface area contributed by atoms with Crippen molar-refractivity contribution in [3.05, 3.63) is 77.4 Å². The van der Waals surface area contributed by atoms with Crippen molar-refractivity contribution in [3.8, 4) is 0 Å². The van der Waals surface area contributed by atoms with E-state index in [2.05, 4.69) is 9.97 Å². The summed E-state index contributed by atoms with van der Waals surface area (Å²) >= 11 is 0. The van der Waals surface area contributed by atoms with E-state index < -0.39 is 15.8 Å². The van der Waals surface area contributed by atoms with Gasteiger partial charge in [-0.2, -0.15) is 4.31 Å². The number of benzene rings is 1. The maximum Gasteiger partial charge on any atom is 0.243 e. The van der Waals surface area contributed by atoms with Gasteiger partial charge < -0.3 is 4.57 Å². The van der Waals surface area contributed by atoms with Crippen molar-refractivity contribution in [1.82, 2.24) is 18.8 Å². The van der Waals surface area contributed by atoms with E-state index in [0.717, 1.165) is 23.7 Å². The number of imidazole rings is 1. The first-order chi connectivity index (χ1) is 13.9. The lowest BCUT2D eigenvalue weighted by Crippen LogP contribution is -2.32. The number of nitrogens with zero attached hydrogens (tertiary/aromatic N) is 4. The van der Waals surface area contributed by atoms with Gasteiger partial charge in [-0.25, -0.2) is 17.8 Å². The van der Waals surface area contributed by atoms with Crippen LogP contribution in [0.4, 0.5) is 4.39 Å². The summed E-state index contributed by atoms with van der Waals surface area (Å²) in [6.07, 6.45) is 6.69. The summed E-state index contributed by atoms with van der Waals surface area (Å²) in [5.41, 5.74) is 2.39. The highest BCUT2D eigenvalue weighted by Crippen LogP contribution is 2.36. The molecule has 2 aromatic heterocycles. The predicted octanol–water partition coefficient (Wildman–Crippen LogP) is 3.61. The van der Waals surface area contributed by atoms with Gasteiger partial charge in [0.05, 0.1) is 17.5 Å². The molecule has 3 aromatic rings. The van der Waals surface area contributed by atoms with E-state index in [-0.39, 0.29) is 10.9 Å².